The Morgan fingerprint density at radius 3 is 2.89 bits per heavy atom. The van der Waals surface area contributed by atoms with Gasteiger partial charge in [-0.1, -0.05) is 48.0 Å². The molecule has 4 heteroatoms. The minimum atomic E-state index is -0.430. The van der Waals surface area contributed by atoms with E-state index in [0.29, 0.717) is 19.6 Å². The summed E-state index contributed by atoms with van der Waals surface area (Å²) in [6.07, 6.45) is 2.32. The number of aryl methyl sites for hydroxylation is 1. The Morgan fingerprint density at radius 2 is 2.11 bits per heavy atom. The van der Waals surface area contributed by atoms with Crippen molar-refractivity contribution in [3.63, 3.8) is 0 Å². The van der Waals surface area contributed by atoms with Crippen LogP contribution >= 0.6 is 15.9 Å². The Morgan fingerprint density at radius 1 is 1.26 bits per heavy atom. The number of carbonyl (C=O) groups excluding carboxylic acids is 1. The van der Waals surface area contributed by atoms with Crippen LogP contribution in [0.5, 0.6) is 5.75 Å². The summed E-state index contributed by atoms with van der Waals surface area (Å²) in [6, 6.07) is 14.4. The number of cyclic esters (lactones) is 1. The van der Waals surface area contributed by atoms with Crippen molar-refractivity contribution in [2.24, 2.45) is 11.3 Å². The molecule has 2 unspecified atom stereocenters. The van der Waals surface area contributed by atoms with E-state index in [1.165, 1.54) is 5.56 Å². The molecular weight excluding hydrogens is 404 g/mol. The molecule has 2 aromatic carbocycles. The third-order valence-electron chi connectivity index (χ3n) is 5.70. The van der Waals surface area contributed by atoms with Crippen molar-refractivity contribution in [2.45, 2.75) is 32.8 Å². The highest BCUT2D eigenvalue weighted by Crippen LogP contribution is 2.52. The first kappa shape index (κ1) is 18.3. The number of allylic oxidation sites excluding steroid dienone is 1. The maximum atomic E-state index is 12.5. The zero-order valence-electron chi connectivity index (χ0n) is 15.5. The molecule has 0 radical (unpaired) electrons. The van der Waals surface area contributed by atoms with Gasteiger partial charge < -0.3 is 9.47 Å². The third-order valence-corrected chi connectivity index (χ3v) is 6.32. The maximum Gasteiger partial charge on any atom is 0.313 e. The number of benzene rings is 2. The zero-order valence-corrected chi connectivity index (χ0v) is 17.1. The fourth-order valence-electron chi connectivity index (χ4n) is 4.36. The topological polar surface area (TPSA) is 35.5 Å². The molecular formula is C23H23BrO3. The lowest BCUT2D eigenvalue weighted by atomic mass is 9.75. The summed E-state index contributed by atoms with van der Waals surface area (Å²) in [5.74, 6) is 0.995. The van der Waals surface area contributed by atoms with Gasteiger partial charge in [0.05, 0.1) is 16.5 Å². The molecule has 1 heterocycles. The predicted octanol–water partition coefficient (Wildman–Crippen LogP) is 5.39. The van der Waals surface area contributed by atoms with Crippen LogP contribution in [0.15, 0.2) is 59.1 Å². The van der Waals surface area contributed by atoms with Crippen LogP contribution in [0.3, 0.4) is 0 Å². The first-order valence-corrected chi connectivity index (χ1v) is 10.1. The Bertz CT molecular complexity index is 904. The quantitative estimate of drug-likeness (QED) is 0.474. The molecule has 140 valence electrons. The minimum Gasteiger partial charge on any atom is -0.488 e. The standard InChI is InChI=1S/C23H23BrO3/c1-15-4-3-5-18(8-15)13-26-21-7-6-17(10-20(21)24)12-23-11-16(2)9-19(23)14-27-22(23)25/h3-8,10,19H,2,9,11-14H2,1H3. The molecule has 2 aliphatic rings. The molecule has 0 amide bonds. The van der Waals surface area contributed by atoms with E-state index in [1.54, 1.807) is 0 Å². The Kier molecular flexibility index (Phi) is 4.85. The maximum absolute atomic E-state index is 12.5. The van der Waals surface area contributed by atoms with Gasteiger partial charge in [-0.25, -0.2) is 0 Å². The van der Waals surface area contributed by atoms with Crippen molar-refractivity contribution in [2.75, 3.05) is 6.61 Å². The first-order valence-electron chi connectivity index (χ1n) is 9.27. The van der Waals surface area contributed by atoms with Gasteiger partial charge in [0.15, 0.2) is 0 Å². The van der Waals surface area contributed by atoms with Gasteiger partial charge in [-0.05, 0) is 65.4 Å². The average molecular weight is 427 g/mol. The lowest BCUT2D eigenvalue weighted by Crippen LogP contribution is -2.31. The van der Waals surface area contributed by atoms with Crippen molar-refractivity contribution in [3.05, 3.63) is 75.8 Å². The Hall–Kier alpha value is -2.07. The van der Waals surface area contributed by atoms with Crippen molar-refractivity contribution in [3.8, 4) is 5.75 Å². The minimum absolute atomic E-state index is 0.0675. The van der Waals surface area contributed by atoms with E-state index in [-0.39, 0.29) is 11.9 Å². The molecule has 2 atom stereocenters. The van der Waals surface area contributed by atoms with Crippen molar-refractivity contribution < 1.29 is 14.3 Å². The van der Waals surface area contributed by atoms with Gasteiger partial charge in [0, 0.05) is 5.92 Å². The number of halogens is 1. The molecule has 1 aliphatic heterocycles. The monoisotopic (exact) mass is 426 g/mol. The Labute approximate surface area is 168 Å². The van der Waals surface area contributed by atoms with E-state index in [2.05, 4.69) is 59.8 Å². The second-order valence-electron chi connectivity index (χ2n) is 7.80. The molecule has 0 spiro atoms. The second-order valence-corrected chi connectivity index (χ2v) is 8.66. The predicted molar refractivity (Wildman–Crippen MR) is 109 cm³/mol. The molecule has 27 heavy (non-hydrogen) atoms. The third kappa shape index (κ3) is 3.55. The number of fused-ring (bicyclic) bond motifs is 1. The summed E-state index contributed by atoms with van der Waals surface area (Å²) in [5, 5.41) is 0. The molecule has 2 aromatic rings. The number of esters is 1. The SMILES string of the molecule is C=C1CC2COC(=O)C2(Cc2ccc(OCc3cccc(C)c3)c(Br)c2)C1. The van der Waals surface area contributed by atoms with Gasteiger partial charge in [0.2, 0.25) is 0 Å². The Balaban J connectivity index is 1.49. The fraction of sp³-hybridized carbons (Fsp3) is 0.348. The fourth-order valence-corrected chi connectivity index (χ4v) is 4.90. The number of rotatable bonds is 5. The van der Waals surface area contributed by atoms with Gasteiger partial charge in [-0.3, -0.25) is 4.79 Å². The summed E-state index contributed by atoms with van der Waals surface area (Å²) in [6.45, 7) is 7.24. The number of ether oxygens (including phenoxy) is 2. The molecule has 2 fully saturated rings. The molecule has 1 saturated carbocycles. The number of hydrogen-bond donors (Lipinski definition) is 0. The zero-order chi connectivity index (χ0) is 19.0. The summed E-state index contributed by atoms with van der Waals surface area (Å²) in [4.78, 5) is 12.5. The van der Waals surface area contributed by atoms with E-state index in [4.69, 9.17) is 9.47 Å². The average Bonchev–Trinajstić information content (AvgIpc) is 3.09. The lowest BCUT2D eigenvalue weighted by molar-refractivity contribution is -0.146. The van der Waals surface area contributed by atoms with Gasteiger partial charge in [-0.15, -0.1) is 0 Å². The van der Waals surface area contributed by atoms with Crippen molar-refractivity contribution in [1.29, 1.82) is 0 Å². The molecule has 3 nitrogen and oxygen atoms in total. The van der Waals surface area contributed by atoms with Crippen LogP contribution in [0.4, 0.5) is 0 Å². The van der Waals surface area contributed by atoms with E-state index in [0.717, 1.165) is 39.8 Å². The molecule has 1 aliphatic carbocycles. The smallest absolute Gasteiger partial charge is 0.313 e. The first-order chi connectivity index (χ1) is 13.0. The summed E-state index contributed by atoms with van der Waals surface area (Å²) >= 11 is 3.62. The highest BCUT2D eigenvalue weighted by atomic mass is 79.9. The lowest BCUT2D eigenvalue weighted by Gasteiger charge is -2.24. The van der Waals surface area contributed by atoms with Gasteiger partial charge in [0.25, 0.3) is 0 Å². The summed E-state index contributed by atoms with van der Waals surface area (Å²) in [5.41, 5.74) is 4.21. The molecule has 0 aromatic heterocycles. The normalized spacial score (nSPS) is 24.0. The molecule has 0 bridgehead atoms. The second kappa shape index (κ2) is 7.16. The van der Waals surface area contributed by atoms with Crippen molar-refractivity contribution in [1.82, 2.24) is 0 Å². The van der Waals surface area contributed by atoms with Crippen LogP contribution in [0.1, 0.15) is 29.5 Å². The number of carbonyl (C=O) groups is 1. The van der Waals surface area contributed by atoms with E-state index in [1.807, 2.05) is 12.1 Å². The van der Waals surface area contributed by atoms with Crippen LogP contribution in [-0.2, 0) is 22.6 Å². The highest BCUT2D eigenvalue weighted by Gasteiger charge is 2.55. The van der Waals surface area contributed by atoms with E-state index >= 15 is 0 Å². The number of hydrogen-bond acceptors (Lipinski definition) is 3. The summed E-state index contributed by atoms with van der Waals surface area (Å²) < 4.78 is 12.3. The van der Waals surface area contributed by atoms with E-state index in [9.17, 15) is 4.79 Å². The van der Waals surface area contributed by atoms with Crippen LogP contribution in [0, 0.1) is 18.3 Å². The van der Waals surface area contributed by atoms with Gasteiger partial charge in [0.1, 0.15) is 12.4 Å². The molecule has 0 N–H and O–H groups in total. The molecule has 1 saturated heterocycles. The van der Waals surface area contributed by atoms with Crippen LogP contribution < -0.4 is 4.74 Å². The van der Waals surface area contributed by atoms with Gasteiger partial charge in [-0.2, -0.15) is 0 Å². The van der Waals surface area contributed by atoms with E-state index < -0.39 is 5.41 Å². The van der Waals surface area contributed by atoms with Gasteiger partial charge >= 0.3 is 5.97 Å². The van der Waals surface area contributed by atoms with Crippen LogP contribution in [0.2, 0.25) is 0 Å². The highest BCUT2D eigenvalue weighted by molar-refractivity contribution is 9.10. The van der Waals surface area contributed by atoms with Crippen LogP contribution in [0.25, 0.3) is 0 Å². The largest absolute Gasteiger partial charge is 0.488 e. The molecule has 4 rings (SSSR count). The summed E-state index contributed by atoms with van der Waals surface area (Å²) in [7, 11) is 0. The van der Waals surface area contributed by atoms with Crippen LogP contribution in [-0.4, -0.2) is 12.6 Å². The van der Waals surface area contributed by atoms with Crippen molar-refractivity contribution >= 4 is 21.9 Å².